The molecule has 0 aliphatic rings. The van der Waals surface area contributed by atoms with Gasteiger partial charge in [-0.25, -0.2) is 9.59 Å². The fourth-order valence-corrected chi connectivity index (χ4v) is 4.36. The zero-order valence-corrected chi connectivity index (χ0v) is 20.8. The van der Waals surface area contributed by atoms with E-state index in [0.717, 1.165) is 21.9 Å². The molecule has 3 N–H and O–H groups in total. The van der Waals surface area contributed by atoms with Gasteiger partial charge in [-0.15, -0.1) is 0 Å². The van der Waals surface area contributed by atoms with E-state index in [1.807, 2.05) is 86.6 Å². The topological polar surface area (TPSA) is 107 Å². The largest absolute Gasteiger partial charge is 0.481 e. The Morgan fingerprint density at radius 1 is 0.833 bits per heavy atom. The van der Waals surface area contributed by atoms with Gasteiger partial charge in [-0.1, -0.05) is 86.6 Å². The van der Waals surface area contributed by atoms with Gasteiger partial charge >= 0.3 is 18.0 Å². The first-order valence-electron chi connectivity index (χ1n) is 12.3. The molecule has 7 nitrogen and oxygen atoms in total. The summed E-state index contributed by atoms with van der Waals surface area (Å²) in [7, 11) is 0. The van der Waals surface area contributed by atoms with Crippen LogP contribution in [0.25, 0.3) is 10.8 Å². The van der Waals surface area contributed by atoms with Crippen LogP contribution in [0.2, 0.25) is 0 Å². The lowest BCUT2D eigenvalue weighted by atomic mass is 9.98. The Labute approximate surface area is 211 Å². The van der Waals surface area contributed by atoms with E-state index in [-0.39, 0.29) is 18.9 Å². The van der Waals surface area contributed by atoms with Gasteiger partial charge < -0.3 is 20.4 Å². The van der Waals surface area contributed by atoms with Crippen molar-refractivity contribution in [1.29, 1.82) is 0 Å². The number of carbonyl (C=O) groups excluding carboxylic acids is 1. The van der Waals surface area contributed by atoms with Crippen molar-refractivity contribution in [1.82, 2.24) is 10.2 Å². The van der Waals surface area contributed by atoms with E-state index in [9.17, 15) is 24.6 Å². The van der Waals surface area contributed by atoms with Crippen LogP contribution >= 0.6 is 0 Å². The van der Waals surface area contributed by atoms with Crippen LogP contribution in [0.15, 0.2) is 72.8 Å². The SMILES string of the molecule is CC(C)CN(CC(CCc1ccccc1)C(=O)O)C(=O)N[C@@H](Cc1cccc2ccccc12)C(=O)O. The molecule has 0 heterocycles. The number of urea groups is 1. The van der Waals surface area contributed by atoms with E-state index in [1.165, 1.54) is 4.90 Å². The smallest absolute Gasteiger partial charge is 0.326 e. The van der Waals surface area contributed by atoms with Gasteiger partial charge in [0.2, 0.25) is 0 Å². The molecule has 0 saturated heterocycles. The fraction of sp³-hybridized carbons (Fsp3) is 0.345. The molecular weight excluding hydrogens is 456 g/mol. The summed E-state index contributed by atoms with van der Waals surface area (Å²) in [6, 6.07) is 21.3. The van der Waals surface area contributed by atoms with Crippen molar-refractivity contribution in [3.8, 4) is 0 Å². The molecule has 3 aromatic carbocycles. The highest BCUT2D eigenvalue weighted by Crippen LogP contribution is 2.20. The van der Waals surface area contributed by atoms with Crippen molar-refractivity contribution in [2.24, 2.45) is 11.8 Å². The van der Waals surface area contributed by atoms with Gasteiger partial charge in [-0.2, -0.15) is 0 Å². The Kier molecular flexibility index (Phi) is 9.45. The number of nitrogens with zero attached hydrogens (tertiary/aromatic N) is 1. The molecule has 190 valence electrons. The molecule has 1 unspecified atom stereocenters. The Hall–Kier alpha value is -3.87. The van der Waals surface area contributed by atoms with Crippen LogP contribution < -0.4 is 5.32 Å². The van der Waals surface area contributed by atoms with Gasteiger partial charge in [0.1, 0.15) is 6.04 Å². The second-order valence-electron chi connectivity index (χ2n) is 9.54. The summed E-state index contributed by atoms with van der Waals surface area (Å²) in [5.74, 6) is -2.80. The predicted octanol–water partition coefficient (Wildman–Crippen LogP) is 4.84. The number of carbonyl (C=O) groups is 3. The van der Waals surface area contributed by atoms with Crippen LogP contribution in [0, 0.1) is 11.8 Å². The number of rotatable bonds is 12. The van der Waals surface area contributed by atoms with Gasteiger partial charge in [-0.3, -0.25) is 4.79 Å². The average molecular weight is 491 g/mol. The number of amides is 2. The first-order chi connectivity index (χ1) is 17.2. The third kappa shape index (κ3) is 7.57. The number of hydrogen-bond donors (Lipinski definition) is 3. The summed E-state index contributed by atoms with van der Waals surface area (Å²) in [5.41, 5.74) is 1.85. The highest BCUT2D eigenvalue weighted by molar-refractivity contribution is 5.88. The molecule has 0 aliphatic heterocycles. The van der Waals surface area contributed by atoms with E-state index >= 15 is 0 Å². The zero-order valence-electron chi connectivity index (χ0n) is 20.8. The molecule has 2 atom stereocenters. The molecule has 0 saturated carbocycles. The minimum atomic E-state index is -1.15. The van der Waals surface area contributed by atoms with Gasteiger partial charge in [0.15, 0.2) is 0 Å². The van der Waals surface area contributed by atoms with Crippen molar-refractivity contribution >= 4 is 28.7 Å². The number of aryl methyl sites for hydroxylation is 1. The molecular formula is C29H34N2O5. The van der Waals surface area contributed by atoms with Crippen molar-refractivity contribution in [3.63, 3.8) is 0 Å². The molecule has 0 bridgehead atoms. The first kappa shape index (κ1) is 26.7. The predicted molar refractivity (Wildman–Crippen MR) is 140 cm³/mol. The van der Waals surface area contributed by atoms with E-state index in [0.29, 0.717) is 19.4 Å². The number of fused-ring (bicyclic) bond motifs is 1. The van der Waals surface area contributed by atoms with Crippen molar-refractivity contribution in [2.45, 2.75) is 39.2 Å². The standard InChI is InChI=1S/C29H34N2O5/c1-20(2)18-31(19-24(27(32)33)16-15-21-9-4-3-5-10-21)29(36)30-26(28(34)35)17-23-13-8-12-22-11-6-7-14-25(22)23/h3-14,20,24,26H,15-19H2,1-2H3,(H,30,36)(H,32,33)(H,34,35)/t24?,26-/m0/s1. The monoisotopic (exact) mass is 490 g/mol. The summed E-state index contributed by atoms with van der Waals surface area (Å²) in [5, 5.41) is 24.3. The fourth-order valence-electron chi connectivity index (χ4n) is 4.36. The molecule has 2 amide bonds. The van der Waals surface area contributed by atoms with Crippen LogP contribution in [0.5, 0.6) is 0 Å². The molecule has 3 rings (SSSR count). The zero-order chi connectivity index (χ0) is 26.1. The lowest BCUT2D eigenvalue weighted by Crippen LogP contribution is -2.51. The van der Waals surface area contributed by atoms with Crippen molar-refractivity contribution < 1.29 is 24.6 Å². The van der Waals surface area contributed by atoms with Gasteiger partial charge in [-0.05, 0) is 40.7 Å². The molecule has 0 fully saturated rings. The van der Waals surface area contributed by atoms with Crippen molar-refractivity contribution in [3.05, 3.63) is 83.9 Å². The van der Waals surface area contributed by atoms with Gasteiger partial charge in [0.25, 0.3) is 0 Å². The molecule has 0 spiro atoms. The minimum absolute atomic E-state index is 0.00673. The third-order valence-electron chi connectivity index (χ3n) is 6.19. The number of aliphatic carboxylic acids is 2. The highest BCUT2D eigenvalue weighted by Gasteiger charge is 2.28. The quantitative estimate of drug-likeness (QED) is 0.337. The lowest BCUT2D eigenvalue weighted by Gasteiger charge is -2.29. The number of carboxylic acid groups (broad SMARTS) is 2. The maximum atomic E-state index is 13.2. The number of hydrogen-bond acceptors (Lipinski definition) is 3. The number of carboxylic acids is 2. The molecule has 0 radical (unpaired) electrons. The minimum Gasteiger partial charge on any atom is -0.481 e. The van der Waals surface area contributed by atoms with E-state index in [1.54, 1.807) is 0 Å². The number of benzene rings is 3. The van der Waals surface area contributed by atoms with Gasteiger partial charge in [0, 0.05) is 19.5 Å². The van der Waals surface area contributed by atoms with Crippen LogP contribution in [0.1, 0.15) is 31.4 Å². The van der Waals surface area contributed by atoms with E-state index in [4.69, 9.17) is 0 Å². The molecule has 0 aromatic heterocycles. The lowest BCUT2D eigenvalue weighted by molar-refractivity contribution is -0.142. The van der Waals surface area contributed by atoms with Gasteiger partial charge in [0.05, 0.1) is 5.92 Å². The number of nitrogens with one attached hydrogen (secondary N) is 1. The van der Waals surface area contributed by atoms with Crippen LogP contribution in [-0.4, -0.2) is 52.2 Å². The molecule has 0 aliphatic carbocycles. The summed E-state index contributed by atoms with van der Waals surface area (Å²) in [6.45, 7) is 4.20. The van der Waals surface area contributed by atoms with E-state index in [2.05, 4.69) is 5.32 Å². The average Bonchev–Trinajstić information content (AvgIpc) is 2.85. The normalized spacial score (nSPS) is 12.8. The molecule has 3 aromatic rings. The Balaban J connectivity index is 1.74. The Bertz CT molecular complexity index is 1170. The summed E-state index contributed by atoms with van der Waals surface area (Å²) < 4.78 is 0. The summed E-state index contributed by atoms with van der Waals surface area (Å²) in [6.07, 6.45) is 1.07. The third-order valence-corrected chi connectivity index (χ3v) is 6.19. The highest BCUT2D eigenvalue weighted by atomic mass is 16.4. The maximum Gasteiger partial charge on any atom is 0.326 e. The summed E-state index contributed by atoms with van der Waals surface area (Å²) >= 11 is 0. The first-order valence-corrected chi connectivity index (χ1v) is 12.3. The maximum absolute atomic E-state index is 13.2. The van der Waals surface area contributed by atoms with Crippen molar-refractivity contribution in [2.75, 3.05) is 13.1 Å². The second kappa shape index (κ2) is 12.7. The van der Waals surface area contributed by atoms with Crippen LogP contribution in [0.3, 0.4) is 0 Å². The van der Waals surface area contributed by atoms with E-state index < -0.39 is 29.9 Å². The second-order valence-corrected chi connectivity index (χ2v) is 9.54. The Morgan fingerprint density at radius 2 is 1.50 bits per heavy atom. The van der Waals surface area contributed by atoms with Crippen LogP contribution in [-0.2, 0) is 22.4 Å². The summed E-state index contributed by atoms with van der Waals surface area (Å²) in [4.78, 5) is 38.8. The Morgan fingerprint density at radius 3 is 2.17 bits per heavy atom. The van der Waals surface area contributed by atoms with Crippen LogP contribution in [0.4, 0.5) is 4.79 Å². The molecule has 7 heteroatoms. The molecule has 36 heavy (non-hydrogen) atoms.